The van der Waals surface area contributed by atoms with Crippen LogP contribution in [-0.2, 0) is 4.79 Å². The van der Waals surface area contributed by atoms with Gasteiger partial charge in [0.15, 0.2) is 0 Å². The van der Waals surface area contributed by atoms with Crippen LogP contribution < -0.4 is 5.32 Å². The first-order valence-electron chi connectivity index (χ1n) is 6.61. The minimum atomic E-state index is -0.0974. The summed E-state index contributed by atoms with van der Waals surface area (Å²) in [5.74, 6) is -0.0974. The van der Waals surface area contributed by atoms with E-state index in [2.05, 4.69) is 10.3 Å². The maximum atomic E-state index is 12.2. The van der Waals surface area contributed by atoms with Crippen LogP contribution in [0.5, 0.6) is 0 Å². The van der Waals surface area contributed by atoms with E-state index in [0.29, 0.717) is 10.6 Å². The molecule has 2 heterocycles. The fourth-order valence-corrected chi connectivity index (χ4v) is 2.87. The second-order valence-corrected chi connectivity index (χ2v) is 5.42. The largest absolute Gasteiger partial charge is 0.361 e. The Hall–Kier alpha value is -2.52. The molecule has 0 aliphatic carbocycles. The van der Waals surface area contributed by atoms with E-state index >= 15 is 0 Å². The van der Waals surface area contributed by atoms with Gasteiger partial charge >= 0.3 is 0 Å². The number of benzene rings is 2. The second-order valence-electron chi connectivity index (χ2n) is 4.99. The Kier molecular flexibility index (Phi) is 2.62. The second kappa shape index (κ2) is 4.50. The van der Waals surface area contributed by atoms with Crippen molar-refractivity contribution in [2.24, 2.45) is 0 Å². The van der Waals surface area contributed by atoms with E-state index in [1.165, 1.54) is 0 Å². The van der Waals surface area contributed by atoms with E-state index < -0.39 is 0 Å². The lowest BCUT2D eigenvalue weighted by atomic mass is 10.0. The molecule has 0 spiro atoms. The van der Waals surface area contributed by atoms with Gasteiger partial charge in [0.25, 0.3) is 5.91 Å². The van der Waals surface area contributed by atoms with Gasteiger partial charge in [-0.1, -0.05) is 29.8 Å². The van der Waals surface area contributed by atoms with E-state index in [4.69, 9.17) is 11.6 Å². The average molecular weight is 295 g/mol. The highest BCUT2D eigenvalue weighted by atomic mass is 35.5. The Morgan fingerprint density at radius 3 is 2.90 bits per heavy atom. The first kappa shape index (κ1) is 12.2. The third kappa shape index (κ3) is 1.94. The van der Waals surface area contributed by atoms with Gasteiger partial charge in [-0.25, -0.2) is 0 Å². The molecule has 4 rings (SSSR count). The first-order valence-corrected chi connectivity index (χ1v) is 6.99. The van der Waals surface area contributed by atoms with Gasteiger partial charge in [-0.3, -0.25) is 4.79 Å². The summed E-state index contributed by atoms with van der Waals surface area (Å²) in [5.41, 5.74) is 4.38. The van der Waals surface area contributed by atoms with Crippen molar-refractivity contribution in [1.29, 1.82) is 0 Å². The topological polar surface area (TPSA) is 44.9 Å². The van der Waals surface area contributed by atoms with Gasteiger partial charge in [-0.2, -0.15) is 0 Å². The van der Waals surface area contributed by atoms with Crippen LogP contribution in [0.25, 0.3) is 22.6 Å². The zero-order valence-electron chi connectivity index (χ0n) is 11.0. The van der Waals surface area contributed by atoms with Crippen molar-refractivity contribution < 1.29 is 4.79 Å². The fourth-order valence-electron chi connectivity index (χ4n) is 2.70. The third-order valence-corrected chi connectivity index (χ3v) is 3.93. The zero-order chi connectivity index (χ0) is 14.4. The molecule has 0 bridgehead atoms. The van der Waals surface area contributed by atoms with Crippen molar-refractivity contribution in [3.05, 3.63) is 64.8 Å². The van der Waals surface area contributed by atoms with E-state index in [1.807, 2.05) is 42.6 Å². The van der Waals surface area contributed by atoms with Crippen molar-refractivity contribution in [3.8, 4) is 0 Å². The van der Waals surface area contributed by atoms with Crippen LogP contribution in [0.4, 0.5) is 5.69 Å². The molecule has 1 aromatic heterocycles. The number of anilines is 1. The number of amides is 1. The molecule has 2 N–H and O–H groups in total. The Morgan fingerprint density at radius 2 is 2.00 bits per heavy atom. The van der Waals surface area contributed by atoms with E-state index in [1.54, 1.807) is 12.1 Å². The number of carbonyl (C=O) groups excluding carboxylic acids is 1. The van der Waals surface area contributed by atoms with Crippen molar-refractivity contribution in [2.45, 2.75) is 0 Å². The molecular weight excluding hydrogens is 284 g/mol. The highest BCUT2D eigenvalue weighted by Gasteiger charge is 2.24. The summed E-state index contributed by atoms with van der Waals surface area (Å²) < 4.78 is 0. The molecular formula is C17H11ClN2O. The summed E-state index contributed by atoms with van der Waals surface area (Å²) >= 11 is 5.97. The van der Waals surface area contributed by atoms with Gasteiger partial charge in [0.05, 0.1) is 5.69 Å². The maximum Gasteiger partial charge on any atom is 0.256 e. The van der Waals surface area contributed by atoms with Crippen LogP contribution in [-0.4, -0.2) is 10.9 Å². The van der Waals surface area contributed by atoms with Gasteiger partial charge in [-0.15, -0.1) is 0 Å². The van der Waals surface area contributed by atoms with Gasteiger partial charge in [0.2, 0.25) is 0 Å². The number of hydrogen-bond donors (Lipinski definition) is 2. The summed E-state index contributed by atoms with van der Waals surface area (Å²) in [7, 11) is 0. The molecule has 21 heavy (non-hydrogen) atoms. The van der Waals surface area contributed by atoms with Crippen LogP contribution in [0.15, 0.2) is 48.7 Å². The molecule has 102 valence electrons. The van der Waals surface area contributed by atoms with Crippen molar-refractivity contribution >= 4 is 45.7 Å². The number of rotatable bonds is 1. The Morgan fingerprint density at radius 1 is 1.10 bits per heavy atom. The predicted octanol–water partition coefficient (Wildman–Crippen LogP) is 4.31. The summed E-state index contributed by atoms with van der Waals surface area (Å²) in [5, 5.41) is 4.56. The number of carbonyl (C=O) groups is 1. The Bertz CT molecular complexity index is 908. The smallest absolute Gasteiger partial charge is 0.256 e. The fraction of sp³-hybridized carbons (Fsp3) is 0. The maximum absolute atomic E-state index is 12.2. The average Bonchev–Trinajstić information content (AvgIpc) is 3.04. The molecule has 0 fully saturated rings. The molecule has 2 aromatic carbocycles. The van der Waals surface area contributed by atoms with E-state index in [-0.39, 0.29) is 5.91 Å². The highest BCUT2D eigenvalue weighted by Crippen LogP contribution is 2.35. The van der Waals surface area contributed by atoms with Crippen LogP contribution in [0, 0.1) is 0 Å². The van der Waals surface area contributed by atoms with Crippen LogP contribution >= 0.6 is 11.6 Å². The van der Waals surface area contributed by atoms with Crippen LogP contribution in [0.1, 0.15) is 11.1 Å². The highest BCUT2D eigenvalue weighted by molar-refractivity contribution is 6.36. The van der Waals surface area contributed by atoms with Gasteiger partial charge in [-0.05, 0) is 35.9 Å². The zero-order valence-corrected chi connectivity index (χ0v) is 11.7. The van der Waals surface area contributed by atoms with Crippen molar-refractivity contribution in [1.82, 2.24) is 4.98 Å². The Balaban J connectivity index is 1.91. The summed E-state index contributed by atoms with van der Waals surface area (Å²) in [6.45, 7) is 0. The lowest BCUT2D eigenvalue weighted by Crippen LogP contribution is -2.03. The number of fused-ring (bicyclic) bond motifs is 2. The number of halogens is 1. The molecule has 0 radical (unpaired) electrons. The molecule has 3 aromatic rings. The molecule has 0 unspecified atom stereocenters. The molecule has 1 aliphatic heterocycles. The van der Waals surface area contributed by atoms with Gasteiger partial charge < -0.3 is 10.3 Å². The quantitative estimate of drug-likeness (QED) is 0.645. The van der Waals surface area contributed by atoms with E-state index in [9.17, 15) is 4.79 Å². The first-order chi connectivity index (χ1) is 10.2. The molecule has 0 atom stereocenters. The molecule has 3 nitrogen and oxygen atoms in total. The van der Waals surface area contributed by atoms with E-state index in [0.717, 1.165) is 27.7 Å². The van der Waals surface area contributed by atoms with Gasteiger partial charge in [0, 0.05) is 33.3 Å². The lowest BCUT2D eigenvalue weighted by Gasteiger charge is -2.01. The lowest BCUT2D eigenvalue weighted by molar-refractivity contribution is -0.110. The van der Waals surface area contributed by atoms with Crippen LogP contribution in [0.3, 0.4) is 0 Å². The number of hydrogen-bond acceptors (Lipinski definition) is 1. The molecule has 0 saturated heterocycles. The minimum absolute atomic E-state index is 0.0974. The van der Waals surface area contributed by atoms with Crippen molar-refractivity contribution in [3.63, 3.8) is 0 Å². The normalized spacial score (nSPS) is 15.5. The number of H-pyrrole nitrogens is 1. The molecule has 1 amide bonds. The molecule has 0 saturated carbocycles. The standard InChI is InChI=1S/C17H11ClN2O/c18-11-4-5-13-14(17(21)20-16(13)9-11)8-10-2-1-3-15-12(10)6-7-19-15/h1-9,19H,(H,20,21). The molecule has 1 aliphatic rings. The third-order valence-electron chi connectivity index (χ3n) is 3.69. The predicted molar refractivity (Wildman–Crippen MR) is 86.3 cm³/mol. The SMILES string of the molecule is O=C1Nc2cc(Cl)ccc2C1=Cc1cccc2[nH]ccc12. The summed E-state index contributed by atoms with van der Waals surface area (Å²) in [6.07, 6.45) is 3.82. The van der Waals surface area contributed by atoms with Gasteiger partial charge in [0.1, 0.15) is 0 Å². The molecule has 4 heteroatoms. The number of aromatic nitrogens is 1. The van der Waals surface area contributed by atoms with Crippen LogP contribution in [0.2, 0.25) is 5.02 Å². The number of nitrogens with one attached hydrogen (secondary N) is 2. The monoisotopic (exact) mass is 294 g/mol. The Labute approximate surface area is 126 Å². The minimum Gasteiger partial charge on any atom is -0.361 e. The summed E-state index contributed by atoms with van der Waals surface area (Å²) in [4.78, 5) is 15.4. The van der Waals surface area contributed by atoms with Crippen molar-refractivity contribution in [2.75, 3.05) is 5.32 Å². The number of aromatic amines is 1. The summed E-state index contributed by atoms with van der Waals surface area (Å²) in [6, 6.07) is 13.4.